The zero-order chi connectivity index (χ0) is 14.4. The lowest BCUT2D eigenvalue weighted by Gasteiger charge is -2.17. The first-order chi connectivity index (χ1) is 9.74. The van der Waals surface area contributed by atoms with Gasteiger partial charge in [-0.1, -0.05) is 37.6 Å². The third-order valence-corrected chi connectivity index (χ3v) is 3.67. The van der Waals surface area contributed by atoms with Crippen molar-refractivity contribution in [1.82, 2.24) is 14.9 Å². The van der Waals surface area contributed by atoms with Crippen LogP contribution >= 0.6 is 11.6 Å². The van der Waals surface area contributed by atoms with Gasteiger partial charge in [0.15, 0.2) is 0 Å². The Balaban J connectivity index is 1.93. The zero-order valence-corrected chi connectivity index (χ0v) is 12.8. The highest BCUT2D eigenvalue weighted by Gasteiger charge is 2.05. The average molecular weight is 293 g/mol. The van der Waals surface area contributed by atoms with Gasteiger partial charge in [0.25, 0.3) is 0 Å². The zero-order valence-electron chi connectivity index (χ0n) is 12.1. The van der Waals surface area contributed by atoms with Crippen LogP contribution in [0.25, 0.3) is 10.9 Å². The van der Waals surface area contributed by atoms with Gasteiger partial charge in [0.05, 0.1) is 5.52 Å². The van der Waals surface area contributed by atoms with Crippen molar-refractivity contribution in [2.75, 3.05) is 31.5 Å². The Bertz CT molecular complexity index is 555. The van der Waals surface area contributed by atoms with Crippen molar-refractivity contribution < 1.29 is 0 Å². The van der Waals surface area contributed by atoms with Gasteiger partial charge < -0.3 is 10.2 Å². The van der Waals surface area contributed by atoms with Gasteiger partial charge in [0.1, 0.15) is 5.15 Å². The molecule has 4 nitrogen and oxygen atoms in total. The van der Waals surface area contributed by atoms with Gasteiger partial charge in [-0.15, -0.1) is 0 Å². The molecule has 0 atom stereocenters. The molecule has 1 N–H and O–H groups in total. The minimum Gasteiger partial charge on any atom is -0.354 e. The SMILES string of the molecule is CCN(CC)CCCNc1nc(Cl)c2ccccc2n1. The summed E-state index contributed by atoms with van der Waals surface area (Å²) in [6.07, 6.45) is 1.06. The fraction of sp³-hybridized carbons (Fsp3) is 0.467. The lowest BCUT2D eigenvalue weighted by Crippen LogP contribution is -2.25. The summed E-state index contributed by atoms with van der Waals surface area (Å²) in [5.74, 6) is 0.605. The highest BCUT2D eigenvalue weighted by atomic mass is 35.5. The molecular formula is C15H21ClN4. The van der Waals surface area contributed by atoms with Crippen LogP contribution in [0.2, 0.25) is 5.15 Å². The number of anilines is 1. The average Bonchev–Trinajstić information content (AvgIpc) is 2.47. The molecule has 0 bridgehead atoms. The molecule has 0 saturated heterocycles. The van der Waals surface area contributed by atoms with Crippen molar-refractivity contribution in [2.45, 2.75) is 20.3 Å². The summed E-state index contributed by atoms with van der Waals surface area (Å²) in [7, 11) is 0. The Kier molecular flexibility index (Phi) is 5.56. The quantitative estimate of drug-likeness (QED) is 0.627. The van der Waals surface area contributed by atoms with Crippen molar-refractivity contribution >= 4 is 28.5 Å². The number of nitrogens with zero attached hydrogens (tertiary/aromatic N) is 3. The minimum absolute atomic E-state index is 0.502. The van der Waals surface area contributed by atoms with E-state index in [1.807, 2.05) is 24.3 Å². The summed E-state index contributed by atoms with van der Waals surface area (Å²) in [5.41, 5.74) is 0.874. The first-order valence-electron chi connectivity index (χ1n) is 7.13. The van der Waals surface area contributed by atoms with E-state index in [4.69, 9.17) is 11.6 Å². The summed E-state index contributed by atoms with van der Waals surface area (Å²) in [5, 5.41) is 4.64. The highest BCUT2D eigenvalue weighted by Crippen LogP contribution is 2.21. The van der Waals surface area contributed by atoms with Gasteiger partial charge in [-0.25, -0.2) is 9.97 Å². The standard InChI is InChI=1S/C15H21ClN4/c1-3-20(4-2)11-7-10-17-15-18-13-9-6-5-8-12(13)14(16)19-15/h5-6,8-9H,3-4,7,10-11H2,1-2H3,(H,17,18,19). The molecule has 20 heavy (non-hydrogen) atoms. The molecule has 1 heterocycles. The maximum atomic E-state index is 6.17. The van der Waals surface area contributed by atoms with Gasteiger partial charge >= 0.3 is 0 Å². The van der Waals surface area contributed by atoms with Gasteiger partial charge in [-0.2, -0.15) is 0 Å². The molecular weight excluding hydrogens is 272 g/mol. The Morgan fingerprint density at radius 2 is 1.90 bits per heavy atom. The number of hydrogen-bond donors (Lipinski definition) is 1. The fourth-order valence-corrected chi connectivity index (χ4v) is 2.40. The molecule has 5 heteroatoms. The van der Waals surface area contributed by atoms with Crippen LogP contribution in [-0.4, -0.2) is 41.0 Å². The fourth-order valence-electron chi connectivity index (χ4n) is 2.16. The van der Waals surface area contributed by atoms with E-state index in [-0.39, 0.29) is 0 Å². The molecule has 1 aromatic carbocycles. The number of fused-ring (bicyclic) bond motifs is 1. The topological polar surface area (TPSA) is 41.0 Å². The Morgan fingerprint density at radius 1 is 1.15 bits per heavy atom. The van der Waals surface area contributed by atoms with Crippen LogP contribution in [0.15, 0.2) is 24.3 Å². The molecule has 0 aliphatic heterocycles. The van der Waals surface area contributed by atoms with Crippen molar-refractivity contribution in [3.05, 3.63) is 29.4 Å². The molecule has 0 aliphatic carbocycles. The largest absolute Gasteiger partial charge is 0.354 e. The predicted molar refractivity (Wildman–Crippen MR) is 85.4 cm³/mol. The number of benzene rings is 1. The van der Waals surface area contributed by atoms with Gasteiger partial charge in [0.2, 0.25) is 5.95 Å². The molecule has 1 aromatic heterocycles. The van der Waals surface area contributed by atoms with E-state index in [1.54, 1.807) is 0 Å². The molecule has 0 unspecified atom stereocenters. The Morgan fingerprint density at radius 3 is 2.65 bits per heavy atom. The second-order valence-corrected chi connectivity index (χ2v) is 5.02. The van der Waals surface area contributed by atoms with Gasteiger partial charge in [-0.05, 0) is 38.2 Å². The van der Waals surface area contributed by atoms with Crippen LogP contribution in [0.5, 0.6) is 0 Å². The van der Waals surface area contributed by atoms with Crippen LogP contribution in [0.3, 0.4) is 0 Å². The molecule has 2 aromatic rings. The van der Waals surface area contributed by atoms with Gasteiger partial charge in [-0.3, -0.25) is 0 Å². The molecule has 2 rings (SSSR count). The Hall–Kier alpha value is -1.39. The van der Waals surface area contributed by atoms with E-state index >= 15 is 0 Å². The molecule has 0 saturated carbocycles. The molecule has 0 fully saturated rings. The lowest BCUT2D eigenvalue weighted by molar-refractivity contribution is 0.303. The van der Waals surface area contributed by atoms with Gasteiger partial charge in [0, 0.05) is 11.9 Å². The van der Waals surface area contributed by atoms with E-state index in [9.17, 15) is 0 Å². The smallest absolute Gasteiger partial charge is 0.224 e. The number of hydrogen-bond acceptors (Lipinski definition) is 4. The van der Waals surface area contributed by atoms with Crippen LogP contribution in [0.4, 0.5) is 5.95 Å². The highest BCUT2D eigenvalue weighted by molar-refractivity contribution is 6.34. The molecule has 0 radical (unpaired) electrons. The Labute approximate surface area is 125 Å². The number of nitrogens with one attached hydrogen (secondary N) is 1. The van der Waals surface area contributed by atoms with Crippen molar-refractivity contribution in [1.29, 1.82) is 0 Å². The van der Waals surface area contributed by atoms with Crippen LogP contribution in [-0.2, 0) is 0 Å². The lowest BCUT2D eigenvalue weighted by atomic mass is 10.2. The molecule has 0 aliphatic rings. The monoisotopic (exact) mass is 292 g/mol. The number of aromatic nitrogens is 2. The summed E-state index contributed by atoms with van der Waals surface area (Å²) in [4.78, 5) is 11.2. The van der Waals surface area contributed by atoms with Crippen molar-refractivity contribution in [3.63, 3.8) is 0 Å². The first-order valence-corrected chi connectivity index (χ1v) is 7.51. The summed E-state index contributed by atoms with van der Waals surface area (Å²) >= 11 is 6.17. The van der Waals surface area contributed by atoms with E-state index in [2.05, 4.69) is 34.0 Å². The van der Waals surface area contributed by atoms with Crippen LogP contribution in [0.1, 0.15) is 20.3 Å². The third kappa shape index (κ3) is 3.81. The summed E-state index contributed by atoms with van der Waals surface area (Å²) in [6, 6.07) is 7.77. The summed E-state index contributed by atoms with van der Waals surface area (Å²) < 4.78 is 0. The van der Waals surface area contributed by atoms with Crippen molar-refractivity contribution in [2.24, 2.45) is 0 Å². The number of rotatable bonds is 7. The van der Waals surface area contributed by atoms with E-state index in [0.29, 0.717) is 11.1 Å². The third-order valence-electron chi connectivity index (χ3n) is 3.39. The normalized spacial score (nSPS) is 11.2. The van der Waals surface area contributed by atoms with Crippen molar-refractivity contribution in [3.8, 4) is 0 Å². The maximum Gasteiger partial charge on any atom is 0.224 e. The van der Waals surface area contributed by atoms with Crippen LogP contribution < -0.4 is 5.32 Å². The molecule has 0 amide bonds. The summed E-state index contributed by atoms with van der Waals surface area (Å²) in [6.45, 7) is 8.49. The second-order valence-electron chi connectivity index (χ2n) is 4.66. The van der Waals surface area contributed by atoms with E-state index in [0.717, 1.165) is 43.5 Å². The minimum atomic E-state index is 0.502. The second kappa shape index (κ2) is 7.41. The maximum absolute atomic E-state index is 6.17. The van der Waals surface area contributed by atoms with Crippen LogP contribution in [0, 0.1) is 0 Å². The van der Waals surface area contributed by atoms with E-state index in [1.165, 1.54) is 0 Å². The first kappa shape index (κ1) is 15.0. The predicted octanol–water partition coefficient (Wildman–Crippen LogP) is 3.43. The molecule has 0 spiro atoms. The molecule has 108 valence electrons. The van der Waals surface area contributed by atoms with E-state index < -0.39 is 0 Å². The number of para-hydroxylation sites is 1. The number of halogens is 1.